The Morgan fingerprint density at radius 3 is 2.55 bits per heavy atom. The Bertz CT molecular complexity index is 661. The van der Waals surface area contributed by atoms with Crippen LogP contribution in [0.4, 0.5) is 5.82 Å². The molecule has 6 heteroatoms. The van der Waals surface area contributed by atoms with E-state index in [2.05, 4.69) is 10.5 Å². The lowest BCUT2D eigenvalue weighted by molar-refractivity contribution is -0.123. The molecule has 0 saturated heterocycles. The monoisotopic (exact) mass is 302 g/mol. The van der Waals surface area contributed by atoms with Gasteiger partial charge < -0.3 is 14.6 Å². The number of nitrogens with one attached hydrogen (secondary N) is 1. The van der Waals surface area contributed by atoms with Crippen molar-refractivity contribution in [1.82, 2.24) is 5.16 Å². The van der Waals surface area contributed by atoms with Crippen molar-refractivity contribution in [2.45, 2.75) is 33.3 Å². The predicted octanol–water partition coefficient (Wildman–Crippen LogP) is 2.73. The predicted molar refractivity (Wildman–Crippen MR) is 80.6 cm³/mol. The van der Waals surface area contributed by atoms with Crippen LogP contribution in [0.2, 0.25) is 0 Å². The van der Waals surface area contributed by atoms with Crippen LogP contribution in [0.25, 0.3) is 0 Å². The van der Waals surface area contributed by atoms with E-state index in [0.29, 0.717) is 11.3 Å². The van der Waals surface area contributed by atoms with Crippen LogP contribution in [0, 0.1) is 6.92 Å². The van der Waals surface area contributed by atoms with Crippen molar-refractivity contribution in [3.63, 3.8) is 0 Å². The number of hydrogen-bond acceptors (Lipinski definition) is 5. The van der Waals surface area contributed by atoms with Crippen LogP contribution in [-0.2, 0) is 16.0 Å². The smallest absolute Gasteiger partial charge is 0.338 e. The molecule has 0 aliphatic heterocycles. The van der Waals surface area contributed by atoms with E-state index in [1.54, 1.807) is 25.1 Å². The molecule has 1 amide bonds. The molecule has 0 aliphatic carbocycles. The van der Waals surface area contributed by atoms with Gasteiger partial charge in [0.25, 0.3) is 5.91 Å². The Balaban J connectivity index is 1.93. The van der Waals surface area contributed by atoms with E-state index in [1.165, 1.54) is 6.92 Å². The largest absolute Gasteiger partial charge is 0.449 e. The summed E-state index contributed by atoms with van der Waals surface area (Å²) in [5.41, 5.74) is 1.54. The number of anilines is 1. The summed E-state index contributed by atoms with van der Waals surface area (Å²) >= 11 is 0. The normalized spacial score (nSPS) is 11.8. The van der Waals surface area contributed by atoms with Crippen molar-refractivity contribution in [1.29, 1.82) is 0 Å². The van der Waals surface area contributed by atoms with Crippen molar-refractivity contribution < 1.29 is 18.8 Å². The Morgan fingerprint density at radius 2 is 2.00 bits per heavy atom. The van der Waals surface area contributed by atoms with Gasteiger partial charge in [-0.1, -0.05) is 24.2 Å². The molecule has 22 heavy (non-hydrogen) atoms. The first-order chi connectivity index (χ1) is 10.5. The second kappa shape index (κ2) is 6.89. The van der Waals surface area contributed by atoms with E-state index < -0.39 is 18.0 Å². The maximum absolute atomic E-state index is 12.0. The molecule has 1 aromatic heterocycles. The van der Waals surface area contributed by atoms with Gasteiger partial charge in [-0.15, -0.1) is 0 Å². The van der Waals surface area contributed by atoms with E-state index in [0.717, 1.165) is 12.0 Å². The van der Waals surface area contributed by atoms with Crippen LogP contribution < -0.4 is 5.32 Å². The number of rotatable bonds is 5. The minimum Gasteiger partial charge on any atom is -0.449 e. The van der Waals surface area contributed by atoms with E-state index in [9.17, 15) is 9.59 Å². The number of amides is 1. The molecule has 116 valence electrons. The second-order valence-electron chi connectivity index (χ2n) is 4.91. The average Bonchev–Trinajstić information content (AvgIpc) is 2.92. The summed E-state index contributed by atoms with van der Waals surface area (Å²) < 4.78 is 9.99. The molecule has 0 radical (unpaired) electrons. The van der Waals surface area contributed by atoms with Gasteiger partial charge in [-0.25, -0.2) is 4.79 Å². The molecule has 2 aromatic rings. The first-order valence-electron chi connectivity index (χ1n) is 7.03. The summed E-state index contributed by atoms with van der Waals surface area (Å²) in [4.78, 5) is 23.9. The highest BCUT2D eigenvalue weighted by atomic mass is 16.5. The van der Waals surface area contributed by atoms with Crippen LogP contribution in [0.5, 0.6) is 0 Å². The Morgan fingerprint density at radius 1 is 1.32 bits per heavy atom. The SMILES string of the molecule is CCc1ccc(C(=O)O[C@@H](C)C(=O)Nc2cc(C)on2)cc1. The lowest BCUT2D eigenvalue weighted by Gasteiger charge is -2.12. The van der Waals surface area contributed by atoms with Crippen LogP contribution in [-0.4, -0.2) is 23.1 Å². The Kier molecular flexibility index (Phi) is 4.93. The van der Waals surface area contributed by atoms with Gasteiger partial charge in [0.2, 0.25) is 0 Å². The maximum atomic E-state index is 12.0. The number of carbonyl (C=O) groups is 2. The van der Waals surface area contributed by atoms with E-state index in [-0.39, 0.29) is 5.82 Å². The highest BCUT2D eigenvalue weighted by Crippen LogP contribution is 2.10. The molecular formula is C16H18N2O4. The van der Waals surface area contributed by atoms with Gasteiger partial charge >= 0.3 is 5.97 Å². The number of ether oxygens (including phenoxy) is 1. The van der Waals surface area contributed by atoms with Crippen molar-refractivity contribution in [3.05, 3.63) is 47.2 Å². The van der Waals surface area contributed by atoms with Gasteiger partial charge in [0.1, 0.15) is 5.76 Å². The fourth-order valence-corrected chi connectivity index (χ4v) is 1.81. The summed E-state index contributed by atoms with van der Waals surface area (Å²) in [5.74, 6) is -0.137. The second-order valence-corrected chi connectivity index (χ2v) is 4.91. The standard InChI is InChI=1S/C16H18N2O4/c1-4-12-5-7-13(8-6-12)16(20)21-11(3)15(19)17-14-9-10(2)22-18-14/h5-9,11H,4H2,1-3H3,(H,17,18,19)/t11-/m0/s1. The summed E-state index contributed by atoms with van der Waals surface area (Å²) in [7, 11) is 0. The summed E-state index contributed by atoms with van der Waals surface area (Å²) in [6, 6.07) is 8.68. The molecule has 1 aromatic carbocycles. The Hall–Kier alpha value is -2.63. The molecule has 0 bridgehead atoms. The fourth-order valence-electron chi connectivity index (χ4n) is 1.81. The third kappa shape index (κ3) is 3.94. The van der Waals surface area contributed by atoms with Crippen molar-refractivity contribution in [2.75, 3.05) is 5.32 Å². The quantitative estimate of drug-likeness (QED) is 0.859. The van der Waals surface area contributed by atoms with Crippen LogP contribution in [0.1, 0.15) is 35.5 Å². The average molecular weight is 302 g/mol. The number of aryl methyl sites for hydroxylation is 2. The number of hydrogen-bond donors (Lipinski definition) is 1. The number of benzene rings is 1. The highest BCUT2D eigenvalue weighted by Gasteiger charge is 2.20. The molecule has 1 N–H and O–H groups in total. The Labute approximate surface area is 128 Å². The summed E-state index contributed by atoms with van der Waals surface area (Å²) in [6.07, 6.45) is -0.0408. The van der Waals surface area contributed by atoms with Crippen molar-refractivity contribution >= 4 is 17.7 Å². The molecule has 0 saturated carbocycles. The third-order valence-electron chi connectivity index (χ3n) is 3.13. The first-order valence-corrected chi connectivity index (χ1v) is 7.03. The zero-order valence-electron chi connectivity index (χ0n) is 12.8. The minimum absolute atomic E-state index is 0.290. The molecular weight excluding hydrogens is 284 g/mol. The lowest BCUT2D eigenvalue weighted by atomic mass is 10.1. The number of aromatic nitrogens is 1. The summed E-state index contributed by atoms with van der Waals surface area (Å²) in [6.45, 7) is 5.25. The highest BCUT2D eigenvalue weighted by molar-refractivity contribution is 5.96. The first kappa shape index (κ1) is 15.8. The molecule has 0 aliphatic rings. The van der Waals surface area contributed by atoms with E-state index in [1.807, 2.05) is 19.1 Å². The molecule has 1 heterocycles. The molecule has 6 nitrogen and oxygen atoms in total. The zero-order chi connectivity index (χ0) is 16.1. The fraction of sp³-hybridized carbons (Fsp3) is 0.312. The van der Waals surface area contributed by atoms with Crippen molar-refractivity contribution in [2.24, 2.45) is 0 Å². The maximum Gasteiger partial charge on any atom is 0.338 e. The molecule has 1 atom stereocenters. The van der Waals surface area contributed by atoms with Gasteiger partial charge in [0, 0.05) is 6.07 Å². The van der Waals surface area contributed by atoms with Crippen LogP contribution in [0.15, 0.2) is 34.9 Å². The van der Waals surface area contributed by atoms with Gasteiger partial charge in [-0.2, -0.15) is 0 Å². The van der Waals surface area contributed by atoms with Gasteiger partial charge in [0.05, 0.1) is 5.56 Å². The zero-order valence-corrected chi connectivity index (χ0v) is 12.8. The van der Waals surface area contributed by atoms with Gasteiger partial charge in [0.15, 0.2) is 11.9 Å². The number of carbonyl (C=O) groups excluding carboxylic acids is 2. The third-order valence-corrected chi connectivity index (χ3v) is 3.13. The van der Waals surface area contributed by atoms with Crippen molar-refractivity contribution in [3.8, 4) is 0 Å². The van der Waals surface area contributed by atoms with E-state index in [4.69, 9.17) is 9.26 Å². The van der Waals surface area contributed by atoms with Gasteiger partial charge in [-0.05, 0) is 38.0 Å². The molecule has 2 rings (SSSR count). The van der Waals surface area contributed by atoms with E-state index >= 15 is 0 Å². The lowest BCUT2D eigenvalue weighted by Crippen LogP contribution is -2.30. The number of nitrogens with zero attached hydrogens (tertiary/aromatic N) is 1. The minimum atomic E-state index is -0.935. The molecule has 0 spiro atoms. The van der Waals surface area contributed by atoms with Crippen LogP contribution in [0.3, 0.4) is 0 Å². The molecule has 0 unspecified atom stereocenters. The number of esters is 1. The topological polar surface area (TPSA) is 81.4 Å². The van der Waals surface area contributed by atoms with Crippen LogP contribution >= 0.6 is 0 Å². The summed E-state index contributed by atoms with van der Waals surface area (Å²) in [5, 5.41) is 6.16. The molecule has 0 fully saturated rings. The van der Waals surface area contributed by atoms with Gasteiger partial charge in [-0.3, -0.25) is 4.79 Å².